The summed E-state index contributed by atoms with van der Waals surface area (Å²) < 4.78 is 53.3. The Morgan fingerprint density at radius 3 is 2.14 bits per heavy atom. The van der Waals surface area contributed by atoms with Crippen molar-refractivity contribution in [1.29, 1.82) is 0 Å². The average Bonchev–Trinajstić information content (AvgIpc) is 4.01. The molecular formula is C53H37IrN3OS-2. The molecule has 11 rings (SSSR count). The molecule has 0 aliphatic rings. The van der Waals surface area contributed by atoms with Crippen molar-refractivity contribution in [2.45, 2.75) is 20.6 Å². The van der Waals surface area contributed by atoms with E-state index in [2.05, 4.69) is 149 Å². The monoisotopic (exact) mass is 962 g/mol. The first-order chi connectivity index (χ1) is 30.9. The third kappa shape index (κ3) is 7.43. The molecule has 0 saturated carbocycles. The number of fused-ring (bicyclic) bond motifs is 5. The van der Waals surface area contributed by atoms with Crippen molar-refractivity contribution in [3.63, 3.8) is 0 Å². The Balaban J connectivity index is 0.000000215. The third-order valence-electron chi connectivity index (χ3n) is 10.3. The minimum atomic E-state index is -2.18. The van der Waals surface area contributed by atoms with E-state index in [1.54, 1.807) is 23.5 Å². The van der Waals surface area contributed by atoms with E-state index >= 15 is 0 Å². The van der Waals surface area contributed by atoms with Crippen LogP contribution in [0.2, 0.25) is 0 Å². The summed E-state index contributed by atoms with van der Waals surface area (Å²) in [6.45, 7) is -2.25. The molecule has 1 radical (unpaired) electrons. The molecule has 4 heterocycles. The molecule has 0 spiro atoms. The number of hydrogen-bond acceptors (Lipinski definition) is 4. The summed E-state index contributed by atoms with van der Waals surface area (Å²) in [4.78, 5) is 9.24. The van der Waals surface area contributed by atoms with Crippen molar-refractivity contribution in [2.75, 3.05) is 0 Å². The van der Waals surface area contributed by atoms with Crippen molar-refractivity contribution < 1.29 is 32.7 Å². The second-order valence-corrected chi connectivity index (χ2v) is 15.0. The summed E-state index contributed by atoms with van der Waals surface area (Å²) in [5.41, 5.74) is 13.4. The fourth-order valence-corrected chi connectivity index (χ4v) is 8.23. The average molecular weight is 962 g/mol. The van der Waals surface area contributed by atoms with E-state index in [1.165, 1.54) is 45.8 Å². The van der Waals surface area contributed by atoms with E-state index in [4.69, 9.17) is 17.6 Å². The summed E-state index contributed by atoms with van der Waals surface area (Å²) in [6.07, 6.45) is 1.30. The topological polar surface area (TPSA) is 43.9 Å². The summed E-state index contributed by atoms with van der Waals surface area (Å²) in [5.74, 6) is 0.897. The van der Waals surface area contributed by atoms with Gasteiger partial charge in [0.15, 0.2) is 0 Å². The number of nitrogens with zero attached hydrogens (tertiary/aromatic N) is 3. The van der Waals surface area contributed by atoms with Crippen LogP contribution in [0.4, 0.5) is 0 Å². The Labute approximate surface area is 369 Å². The van der Waals surface area contributed by atoms with Crippen LogP contribution in [0.1, 0.15) is 24.9 Å². The number of aromatic nitrogens is 3. The normalized spacial score (nSPS) is 13.1. The fraction of sp³-hybridized carbons (Fsp3) is 0.0566. The van der Waals surface area contributed by atoms with Crippen molar-refractivity contribution in [1.82, 2.24) is 14.5 Å². The molecule has 4 nitrogen and oxygen atoms in total. The van der Waals surface area contributed by atoms with E-state index in [1.807, 2.05) is 12.1 Å². The van der Waals surface area contributed by atoms with Gasteiger partial charge in [-0.3, -0.25) is 16.3 Å². The zero-order chi connectivity index (χ0) is 44.2. The predicted molar refractivity (Wildman–Crippen MR) is 242 cm³/mol. The van der Waals surface area contributed by atoms with Crippen LogP contribution in [-0.4, -0.2) is 14.5 Å². The number of hydrogen-bond donors (Lipinski definition) is 0. The molecule has 0 saturated heterocycles. The second-order valence-electron chi connectivity index (χ2n) is 14.2. The zero-order valence-electron chi connectivity index (χ0n) is 37.7. The van der Waals surface area contributed by atoms with E-state index in [0.717, 1.165) is 66.6 Å². The SMILES string of the molecule is Cc1ccc2c(c1)oc1ccc(-c3ccc4s[c-]c(-c5nc6ccccc6n5-c5ccc(-c6ccccc6)cc5)c4c3)cc12.[2H]C([2H])([2H])c1c[c-]c(-c2ccc(C([2H])([2H])[2H])cn2)cc1.[Ir]. The van der Waals surface area contributed by atoms with Crippen LogP contribution in [0.3, 0.4) is 0 Å². The smallest absolute Gasteiger partial charge is 0.135 e. The summed E-state index contributed by atoms with van der Waals surface area (Å²) in [5, 5.41) is 7.04. The molecule has 11 aromatic rings. The quantitative estimate of drug-likeness (QED) is 0.161. The first-order valence-corrected chi connectivity index (χ1v) is 19.7. The molecule has 59 heavy (non-hydrogen) atoms. The van der Waals surface area contributed by atoms with Gasteiger partial charge in [-0.1, -0.05) is 126 Å². The summed E-state index contributed by atoms with van der Waals surface area (Å²) in [7, 11) is 0. The Morgan fingerprint density at radius 1 is 0.627 bits per heavy atom. The maximum Gasteiger partial charge on any atom is 0.135 e. The number of furan rings is 1. The standard InChI is InChI=1S/C40H25N2OS.C13H12N.Ir/c1-25-11-18-31-32-22-28(14-19-37(32)43-38(31)21-25)29-15-20-39-33(23-29)34(24-44-39)40-41-35-9-5-6-10-36(35)42(40)30-16-12-27(13-17-30)26-7-3-2-4-8-26;1-10-3-6-12(7-4-10)13-8-5-11(2)9-14-13;/h2-23H,1H3;3-6,8-9H,1-2H3;/q2*-1;/i;1D3,2D3;. The maximum absolute atomic E-state index is 7.28. The van der Waals surface area contributed by atoms with Crippen LogP contribution in [0.15, 0.2) is 174 Å². The number of para-hydroxylation sites is 2. The van der Waals surface area contributed by atoms with Crippen molar-refractivity contribution in [3.8, 4) is 50.6 Å². The van der Waals surface area contributed by atoms with Crippen LogP contribution in [-0.2, 0) is 20.1 Å². The Morgan fingerprint density at radius 2 is 1.36 bits per heavy atom. The van der Waals surface area contributed by atoms with Crippen LogP contribution >= 0.6 is 11.3 Å². The molecule has 6 heteroatoms. The molecule has 0 atom stereocenters. The number of pyridine rings is 1. The predicted octanol–water partition coefficient (Wildman–Crippen LogP) is 14.4. The molecule has 0 amide bonds. The van der Waals surface area contributed by atoms with Gasteiger partial charge in [0.2, 0.25) is 0 Å². The number of benzene rings is 7. The molecule has 0 aliphatic heterocycles. The van der Waals surface area contributed by atoms with Crippen molar-refractivity contribution in [3.05, 3.63) is 198 Å². The van der Waals surface area contributed by atoms with Crippen molar-refractivity contribution in [2.24, 2.45) is 0 Å². The first kappa shape index (κ1) is 31.5. The second kappa shape index (κ2) is 16.1. The maximum atomic E-state index is 7.28. The molecule has 0 bridgehead atoms. The summed E-state index contributed by atoms with van der Waals surface area (Å²) >= 11 is 1.64. The van der Waals surface area contributed by atoms with E-state index in [0.29, 0.717) is 11.3 Å². The van der Waals surface area contributed by atoms with Crippen LogP contribution in [0.25, 0.3) is 93.6 Å². The molecule has 0 aliphatic carbocycles. The fourth-order valence-electron chi connectivity index (χ4n) is 7.41. The molecule has 0 fully saturated rings. The van der Waals surface area contributed by atoms with Gasteiger partial charge < -0.3 is 14.0 Å². The van der Waals surface area contributed by atoms with Gasteiger partial charge in [0.05, 0.1) is 16.9 Å². The molecule has 0 N–H and O–H groups in total. The number of rotatable bonds is 5. The molecule has 287 valence electrons. The van der Waals surface area contributed by atoms with Crippen molar-refractivity contribution >= 4 is 54.4 Å². The first-order valence-electron chi connectivity index (χ1n) is 21.9. The largest absolute Gasteiger partial charge is 0.456 e. The minimum Gasteiger partial charge on any atom is -0.456 e. The van der Waals surface area contributed by atoms with Gasteiger partial charge >= 0.3 is 0 Å². The van der Waals surface area contributed by atoms with E-state index in [-0.39, 0.29) is 31.2 Å². The van der Waals surface area contributed by atoms with E-state index in [9.17, 15) is 0 Å². The van der Waals surface area contributed by atoms with Crippen LogP contribution < -0.4 is 0 Å². The third-order valence-corrected chi connectivity index (χ3v) is 11.2. The molecular weight excluding hydrogens is 919 g/mol. The van der Waals surface area contributed by atoms with Gasteiger partial charge in [-0.15, -0.1) is 40.8 Å². The summed E-state index contributed by atoms with van der Waals surface area (Å²) in [6, 6.07) is 57.6. The van der Waals surface area contributed by atoms with E-state index < -0.39 is 13.7 Å². The Hall–Kier alpha value is -6.43. The molecule has 4 aromatic heterocycles. The zero-order valence-corrected chi connectivity index (χ0v) is 34.9. The van der Waals surface area contributed by atoms with Gasteiger partial charge in [-0.25, -0.2) is 0 Å². The van der Waals surface area contributed by atoms with Gasteiger partial charge in [0, 0.05) is 51.0 Å². The Bertz CT molecular complexity index is 3410. The number of thiophene rings is 1. The van der Waals surface area contributed by atoms with Gasteiger partial charge in [0.25, 0.3) is 0 Å². The van der Waals surface area contributed by atoms with Crippen LogP contribution in [0, 0.1) is 32.1 Å². The molecule has 0 unspecified atom stereocenters. The van der Waals surface area contributed by atoms with Crippen LogP contribution in [0.5, 0.6) is 0 Å². The van der Waals surface area contributed by atoms with Gasteiger partial charge in [0.1, 0.15) is 11.2 Å². The van der Waals surface area contributed by atoms with Gasteiger partial charge in [-0.05, 0) is 95.3 Å². The minimum absolute atomic E-state index is 0. The Kier molecular flexibility index (Phi) is 8.60. The van der Waals surface area contributed by atoms with Gasteiger partial charge in [-0.2, -0.15) is 0 Å². The number of aryl methyl sites for hydroxylation is 3. The molecule has 7 aromatic carbocycles. The number of imidazole rings is 1.